The predicted molar refractivity (Wildman–Crippen MR) is 105 cm³/mol. The Hall–Kier alpha value is -3.42. The van der Waals surface area contributed by atoms with E-state index in [2.05, 4.69) is 20.5 Å². The van der Waals surface area contributed by atoms with Crippen LogP contribution in [0.3, 0.4) is 0 Å². The molecule has 2 N–H and O–H groups in total. The zero-order chi connectivity index (χ0) is 20.1. The summed E-state index contributed by atoms with van der Waals surface area (Å²) in [6.45, 7) is 1.92. The number of likely N-dealkylation sites (tertiary alicyclic amines) is 1. The number of hydrogen-bond acceptors (Lipinski definition) is 5. The van der Waals surface area contributed by atoms with Crippen LogP contribution < -0.4 is 5.32 Å². The second-order valence-corrected chi connectivity index (χ2v) is 7.26. The van der Waals surface area contributed by atoms with Gasteiger partial charge in [-0.25, -0.2) is 0 Å². The van der Waals surface area contributed by atoms with Crippen molar-refractivity contribution in [2.75, 3.05) is 19.6 Å². The fraction of sp³-hybridized carbons (Fsp3) is 0.333. The number of H-pyrrole nitrogens is 1. The Morgan fingerprint density at radius 2 is 2.24 bits per heavy atom. The predicted octanol–water partition coefficient (Wildman–Crippen LogP) is 2.07. The molecule has 1 saturated heterocycles. The van der Waals surface area contributed by atoms with Crippen LogP contribution in [0.2, 0.25) is 0 Å². The van der Waals surface area contributed by atoms with Crippen LogP contribution in [-0.4, -0.2) is 51.5 Å². The number of aromatic nitrogens is 3. The third-order valence-corrected chi connectivity index (χ3v) is 5.12. The average molecular weight is 393 g/mol. The minimum absolute atomic E-state index is 0.0685. The van der Waals surface area contributed by atoms with Crippen LogP contribution in [-0.2, 0) is 12.8 Å². The lowest BCUT2D eigenvalue weighted by Crippen LogP contribution is -2.28. The fourth-order valence-electron chi connectivity index (χ4n) is 3.63. The van der Waals surface area contributed by atoms with Gasteiger partial charge in [0.05, 0.1) is 11.8 Å². The monoisotopic (exact) mass is 393 g/mol. The van der Waals surface area contributed by atoms with Gasteiger partial charge in [0.25, 0.3) is 11.8 Å². The molecule has 4 heterocycles. The van der Waals surface area contributed by atoms with Crippen LogP contribution in [0.5, 0.6) is 0 Å². The van der Waals surface area contributed by atoms with E-state index in [4.69, 9.17) is 4.42 Å². The van der Waals surface area contributed by atoms with E-state index in [0.717, 1.165) is 24.1 Å². The van der Waals surface area contributed by atoms with Gasteiger partial charge in [-0.15, -0.1) is 0 Å². The van der Waals surface area contributed by atoms with Gasteiger partial charge in [-0.05, 0) is 48.6 Å². The van der Waals surface area contributed by atoms with E-state index in [1.165, 1.54) is 6.26 Å². The number of pyridine rings is 1. The Labute approximate surface area is 168 Å². The number of rotatable bonds is 7. The molecule has 1 aliphatic rings. The molecule has 0 aromatic carbocycles. The van der Waals surface area contributed by atoms with E-state index >= 15 is 0 Å². The summed E-state index contributed by atoms with van der Waals surface area (Å²) in [6.07, 6.45) is 8.97. The average Bonchev–Trinajstić information content (AvgIpc) is 3.50. The lowest BCUT2D eigenvalue weighted by atomic mass is 9.99. The molecule has 1 aliphatic heterocycles. The Kier molecular flexibility index (Phi) is 5.69. The molecular weight excluding hydrogens is 370 g/mol. The zero-order valence-corrected chi connectivity index (χ0v) is 16.0. The lowest BCUT2D eigenvalue weighted by Gasteiger charge is -2.15. The summed E-state index contributed by atoms with van der Waals surface area (Å²) in [5.74, 6) is 0.511. The molecule has 8 nitrogen and oxygen atoms in total. The van der Waals surface area contributed by atoms with Gasteiger partial charge < -0.3 is 14.6 Å². The van der Waals surface area contributed by atoms with E-state index in [9.17, 15) is 9.59 Å². The van der Waals surface area contributed by atoms with Crippen molar-refractivity contribution in [2.45, 2.75) is 19.3 Å². The molecule has 29 heavy (non-hydrogen) atoms. The van der Waals surface area contributed by atoms with E-state index in [-0.39, 0.29) is 11.8 Å². The van der Waals surface area contributed by atoms with Crippen molar-refractivity contribution in [2.24, 2.45) is 5.92 Å². The standard InChI is InChI=1S/C21H23N5O3/c27-20(23-6-3-18-4-7-24-25-18)17-11-16(12-22-13-17)10-15-5-8-26(14-15)21(28)19-2-1-9-29-19/h1-2,4,7,9,11-13,15H,3,5-6,8,10,14H2,(H,23,27)(H,24,25). The van der Waals surface area contributed by atoms with Crippen LogP contribution >= 0.6 is 0 Å². The molecule has 8 heteroatoms. The van der Waals surface area contributed by atoms with E-state index in [1.54, 1.807) is 30.7 Å². The van der Waals surface area contributed by atoms with Gasteiger partial charge in [-0.3, -0.25) is 19.7 Å². The first-order valence-corrected chi connectivity index (χ1v) is 9.72. The van der Waals surface area contributed by atoms with Crippen molar-refractivity contribution >= 4 is 11.8 Å². The van der Waals surface area contributed by atoms with Crippen molar-refractivity contribution in [3.05, 3.63) is 71.7 Å². The molecule has 1 unspecified atom stereocenters. The second kappa shape index (κ2) is 8.72. The van der Waals surface area contributed by atoms with Gasteiger partial charge in [0.15, 0.2) is 5.76 Å². The summed E-state index contributed by atoms with van der Waals surface area (Å²) in [7, 11) is 0. The molecule has 1 fully saturated rings. The maximum Gasteiger partial charge on any atom is 0.289 e. The first-order chi connectivity index (χ1) is 14.2. The van der Waals surface area contributed by atoms with Crippen molar-refractivity contribution in [1.82, 2.24) is 25.4 Å². The Bertz CT molecular complexity index is 953. The fourth-order valence-corrected chi connectivity index (χ4v) is 3.63. The van der Waals surface area contributed by atoms with Crippen LogP contribution in [0.1, 0.15) is 38.6 Å². The number of amides is 2. The molecule has 1 atom stereocenters. The first-order valence-electron chi connectivity index (χ1n) is 9.72. The Morgan fingerprint density at radius 3 is 3.03 bits per heavy atom. The second-order valence-electron chi connectivity index (χ2n) is 7.26. The van der Waals surface area contributed by atoms with Crippen molar-refractivity contribution in [1.29, 1.82) is 0 Å². The number of nitrogens with zero attached hydrogens (tertiary/aromatic N) is 3. The molecule has 2 amide bonds. The summed E-state index contributed by atoms with van der Waals surface area (Å²) in [4.78, 5) is 30.8. The number of carbonyl (C=O) groups is 2. The maximum atomic E-state index is 12.4. The zero-order valence-electron chi connectivity index (χ0n) is 16.0. The number of carbonyl (C=O) groups excluding carboxylic acids is 2. The van der Waals surface area contributed by atoms with Gasteiger partial charge in [-0.2, -0.15) is 5.10 Å². The minimum atomic E-state index is -0.139. The molecule has 3 aromatic rings. The lowest BCUT2D eigenvalue weighted by molar-refractivity contribution is 0.0755. The number of nitrogens with one attached hydrogen (secondary N) is 2. The van der Waals surface area contributed by atoms with E-state index < -0.39 is 0 Å². The van der Waals surface area contributed by atoms with Gasteiger partial charge in [0.2, 0.25) is 0 Å². The highest BCUT2D eigenvalue weighted by Gasteiger charge is 2.28. The van der Waals surface area contributed by atoms with Gasteiger partial charge in [-0.1, -0.05) is 0 Å². The molecule has 3 aromatic heterocycles. The maximum absolute atomic E-state index is 12.4. The van der Waals surface area contributed by atoms with E-state index in [0.29, 0.717) is 43.3 Å². The molecule has 0 aliphatic carbocycles. The molecule has 0 spiro atoms. The van der Waals surface area contributed by atoms with E-state index in [1.807, 2.05) is 17.0 Å². The topological polar surface area (TPSA) is 104 Å². The molecule has 0 bridgehead atoms. The molecule has 0 saturated carbocycles. The quantitative estimate of drug-likeness (QED) is 0.640. The highest BCUT2D eigenvalue weighted by molar-refractivity contribution is 5.94. The molecule has 150 valence electrons. The van der Waals surface area contributed by atoms with Crippen LogP contribution in [0.15, 0.2) is 53.5 Å². The number of hydrogen-bond donors (Lipinski definition) is 2. The Morgan fingerprint density at radius 1 is 1.31 bits per heavy atom. The van der Waals surface area contributed by atoms with Crippen LogP contribution in [0.4, 0.5) is 0 Å². The summed E-state index contributed by atoms with van der Waals surface area (Å²) >= 11 is 0. The van der Waals surface area contributed by atoms with Gasteiger partial charge in [0, 0.05) is 50.3 Å². The van der Waals surface area contributed by atoms with Gasteiger partial charge >= 0.3 is 0 Å². The third-order valence-electron chi connectivity index (χ3n) is 5.12. The summed E-state index contributed by atoms with van der Waals surface area (Å²) in [6, 6.07) is 7.18. The highest BCUT2D eigenvalue weighted by atomic mass is 16.3. The third kappa shape index (κ3) is 4.71. The summed E-state index contributed by atoms with van der Waals surface area (Å²) in [5, 5.41) is 9.67. The first kappa shape index (κ1) is 18.9. The molecular formula is C21H23N5O3. The Balaban J connectivity index is 1.29. The smallest absolute Gasteiger partial charge is 0.289 e. The minimum Gasteiger partial charge on any atom is -0.459 e. The SMILES string of the molecule is O=C(NCCc1ccn[nH]1)c1cncc(CC2CCN(C(=O)c3ccco3)C2)c1. The number of furan rings is 1. The molecule has 4 rings (SSSR count). The van der Waals surface area contributed by atoms with Crippen molar-refractivity contribution in [3.63, 3.8) is 0 Å². The van der Waals surface area contributed by atoms with Crippen molar-refractivity contribution in [3.8, 4) is 0 Å². The molecule has 0 radical (unpaired) electrons. The largest absolute Gasteiger partial charge is 0.459 e. The number of aromatic amines is 1. The normalized spacial score (nSPS) is 16.1. The highest BCUT2D eigenvalue weighted by Crippen LogP contribution is 2.22. The van der Waals surface area contributed by atoms with Gasteiger partial charge in [0.1, 0.15) is 0 Å². The summed E-state index contributed by atoms with van der Waals surface area (Å²) in [5.41, 5.74) is 2.53. The van der Waals surface area contributed by atoms with Crippen LogP contribution in [0.25, 0.3) is 0 Å². The van der Waals surface area contributed by atoms with Crippen molar-refractivity contribution < 1.29 is 14.0 Å². The van der Waals surface area contributed by atoms with Crippen LogP contribution in [0, 0.1) is 5.92 Å². The summed E-state index contributed by atoms with van der Waals surface area (Å²) < 4.78 is 5.21.